The van der Waals surface area contributed by atoms with Crippen LogP contribution in [0.5, 0.6) is 0 Å². The van der Waals surface area contributed by atoms with Gasteiger partial charge in [-0.25, -0.2) is 0 Å². The molecule has 0 heterocycles. The Morgan fingerprint density at radius 2 is 0.476 bits per heavy atom. The van der Waals surface area contributed by atoms with Crippen LogP contribution in [0.1, 0.15) is 335 Å². The average Bonchev–Trinajstić information content (AvgIpc) is 3.47. The lowest BCUT2D eigenvalue weighted by atomic mass is 10.0. The summed E-state index contributed by atoms with van der Waals surface area (Å²) in [5, 5.41) is 0. The second-order valence-electron chi connectivity index (χ2n) is 23.1. The van der Waals surface area contributed by atoms with Gasteiger partial charge in [-0.1, -0.05) is 316 Å². The van der Waals surface area contributed by atoms with Crippen molar-refractivity contribution < 1.29 is 28.6 Å². The van der Waals surface area contributed by atoms with Gasteiger partial charge in [-0.2, -0.15) is 0 Å². The lowest BCUT2D eigenvalue weighted by Crippen LogP contribution is -2.30. The highest BCUT2D eigenvalue weighted by molar-refractivity contribution is 5.71. The molecule has 82 heavy (non-hydrogen) atoms. The predicted octanol–water partition coefficient (Wildman–Crippen LogP) is 24.2. The summed E-state index contributed by atoms with van der Waals surface area (Å²) < 4.78 is 17.0. The fraction of sp³-hybridized carbons (Fsp3) is 0.724. The molecule has 470 valence electrons. The second kappa shape index (κ2) is 69.6. The van der Waals surface area contributed by atoms with Crippen LogP contribution >= 0.6 is 0 Å². The second-order valence-corrected chi connectivity index (χ2v) is 23.1. The first-order valence-electron chi connectivity index (χ1n) is 34.9. The number of ether oxygens (including phenoxy) is 3. The van der Waals surface area contributed by atoms with Crippen LogP contribution < -0.4 is 0 Å². The van der Waals surface area contributed by atoms with Gasteiger partial charge >= 0.3 is 17.9 Å². The minimum Gasteiger partial charge on any atom is -0.462 e. The Morgan fingerprint density at radius 1 is 0.256 bits per heavy atom. The van der Waals surface area contributed by atoms with E-state index in [1.807, 2.05) is 0 Å². The maximum absolute atomic E-state index is 13.0. The Hall–Kier alpha value is -3.93. The highest BCUT2D eigenvalue weighted by atomic mass is 16.6. The molecule has 0 aromatic rings. The molecule has 0 aliphatic rings. The number of carbonyl (C=O) groups is 3. The number of hydrogen-bond acceptors (Lipinski definition) is 6. The average molecular weight is 1140 g/mol. The molecule has 0 fully saturated rings. The highest BCUT2D eigenvalue weighted by Crippen LogP contribution is 2.17. The molecule has 0 radical (unpaired) electrons. The van der Waals surface area contributed by atoms with E-state index >= 15 is 0 Å². The number of hydrogen-bond donors (Lipinski definition) is 0. The summed E-state index contributed by atoms with van der Waals surface area (Å²) in [4.78, 5) is 38.4. The highest BCUT2D eigenvalue weighted by Gasteiger charge is 2.19. The van der Waals surface area contributed by atoms with Gasteiger partial charge in [0.05, 0.1) is 0 Å². The van der Waals surface area contributed by atoms with Crippen molar-refractivity contribution in [1.29, 1.82) is 0 Å². The van der Waals surface area contributed by atoms with Crippen LogP contribution in [0.3, 0.4) is 0 Å². The number of carbonyl (C=O) groups excluding carboxylic acids is 3. The Bertz CT molecular complexity index is 1640. The van der Waals surface area contributed by atoms with Gasteiger partial charge < -0.3 is 14.2 Å². The maximum Gasteiger partial charge on any atom is 0.306 e. The topological polar surface area (TPSA) is 78.9 Å². The minimum absolute atomic E-state index is 0.0921. The van der Waals surface area contributed by atoms with Crippen molar-refractivity contribution in [3.05, 3.63) is 109 Å². The van der Waals surface area contributed by atoms with Crippen molar-refractivity contribution in [2.75, 3.05) is 13.2 Å². The van der Waals surface area contributed by atoms with E-state index in [2.05, 4.69) is 130 Å². The van der Waals surface area contributed by atoms with Gasteiger partial charge in [0.15, 0.2) is 6.10 Å². The largest absolute Gasteiger partial charge is 0.462 e. The van der Waals surface area contributed by atoms with Crippen molar-refractivity contribution in [3.63, 3.8) is 0 Å². The first-order valence-corrected chi connectivity index (χ1v) is 34.9. The smallest absolute Gasteiger partial charge is 0.306 e. The van der Waals surface area contributed by atoms with Crippen molar-refractivity contribution >= 4 is 17.9 Å². The zero-order chi connectivity index (χ0) is 59.2. The fourth-order valence-corrected chi connectivity index (χ4v) is 9.81. The van der Waals surface area contributed by atoms with E-state index in [1.54, 1.807) is 0 Å². The third-order valence-electron chi connectivity index (χ3n) is 15.0. The summed E-state index contributed by atoms with van der Waals surface area (Å²) in [6.45, 7) is 6.53. The Kier molecular flexibility index (Phi) is 66.2. The molecule has 0 aliphatic heterocycles. The normalized spacial score (nSPS) is 12.8. The lowest BCUT2D eigenvalue weighted by molar-refractivity contribution is -0.167. The quantitative estimate of drug-likeness (QED) is 0.0261. The standard InChI is InChI=1S/C76H130O6/c1-4-7-10-13-16-19-22-25-28-31-34-35-36-37-38-39-40-41-43-45-48-51-54-57-60-63-66-69-75(78)81-72-73(71-80-74(77)68-65-62-59-56-53-50-47-44-33-30-27-24-21-18-15-12-9-6-3)82-76(79)70-67-64-61-58-55-52-49-46-42-32-29-26-23-20-17-14-11-8-5-2/h7,10,16,19,25,28,30,33-35,37-38,40-41,45,48,54,57,73H,4-6,8-9,11-15,17-18,20-24,26-27,29,31-32,36,39,42-44,46-47,49-53,55-56,58-72H2,1-3H3/b10-7-,19-16-,28-25-,33-30-,35-34-,38-37-,41-40-,48-45-,57-54-. The number of allylic oxidation sites excluding steroid dienone is 18. The van der Waals surface area contributed by atoms with E-state index in [-0.39, 0.29) is 31.1 Å². The summed E-state index contributed by atoms with van der Waals surface area (Å²) in [5.41, 5.74) is 0. The van der Waals surface area contributed by atoms with E-state index < -0.39 is 6.10 Å². The first-order chi connectivity index (χ1) is 40.5. The molecular formula is C76H130O6. The van der Waals surface area contributed by atoms with Gasteiger partial charge in [-0.05, 0) is 109 Å². The molecule has 0 saturated heterocycles. The van der Waals surface area contributed by atoms with Gasteiger partial charge in [0.2, 0.25) is 0 Å². The van der Waals surface area contributed by atoms with Crippen LogP contribution in [0.15, 0.2) is 109 Å². The third-order valence-corrected chi connectivity index (χ3v) is 15.0. The summed E-state index contributed by atoms with van der Waals surface area (Å²) in [7, 11) is 0. The van der Waals surface area contributed by atoms with Crippen molar-refractivity contribution in [1.82, 2.24) is 0 Å². The molecule has 6 nitrogen and oxygen atoms in total. The lowest BCUT2D eigenvalue weighted by Gasteiger charge is -2.18. The molecule has 0 aliphatic carbocycles. The molecule has 0 saturated carbocycles. The minimum atomic E-state index is -0.800. The van der Waals surface area contributed by atoms with Crippen molar-refractivity contribution in [2.24, 2.45) is 0 Å². The van der Waals surface area contributed by atoms with E-state index in [0.717, 1.165) is 109 Å². The van der Waals surface area contributed by atoms with Crippen LogP contribution in [0.2, 0.25) is 0 Å². The van der Waals surface area contributed by atoms with Crippen LogP contribution in [-0.4, -0.2) is 37.2 Å². The molecule has 1 unspecified atom stereocenters. The van der Waals surface area contributed by atoms with Crippen LogP contribution in [0, 0.1) is 0 Å². The van der Waals surface area contributed by atoms with Crippen LogP contribution in [-0.2, 0) is 28.6 Å². The molecule has 0 rings (SSSR count). The Morgan fingerprint density at radius 3 is 0.780 bits per heavy atom. The van der Waals surface area contributed by atoms with E-state index in [1.165, 1.54) is 186 Å². The Labute approximate surface area is 508 Å². The van der Waals surface area contributed by atoms with Gasteiger partial charge in [0.25, 0.3) is 0 Å². The molecule has 0 spiro atoms. The van der Waals surface area contributed by atoms with E-state index in [4.69, 9.17) is 14.2 Å². The molecule has 0 aromatic heterocycles. The Balaban J connectivity index is 4.45. The summed E-state index contributed by atoms with van der Waals surface area (Å²) in [6.07, 6.45) is 95.3. The number of rotatable bonds is 63. The molecule has 6 heteroatoms. The monoisotopic (exact) mass is 1140 g/mol. The fourth-order valence-electron chi connectivity index (χ4n) is 9.81. The molecule has 0 N–H and O–H groups in total. The van der Waals surface area contributed by atoms with Crippen LogP contribution in [0.4, 0.5) is 0 Å². The zero-order valence-corrected chi connectivity index (χ0v) is 54.0. The number of esters is 3. The van der Waals surface area contributed by atoms with Gasteiger partial charge in [0.1, 0.15) is 13.2 Å². The predicted molar refractivity (Wildman–Crippen MR) is 357 cm³/mol. The van der Waals surface area contributed by atoms with E-state index in [0.29, 0.717) is 19.3 Å². The number of unbranched alkanes of at least 4 members (excludes halogenated alkanes) is 34. The van der Waals surface area contributed by atoms with E-state index in [9.17, 15) is 14.4 Å². The summed E-state index contributed by atoms with van der Waals surface area (Å²) >= 11 is 0. The zero-order valence-electron chi connectivity index (χ0n) is 54.0. The van der Waals surface area contributed by atoms with Gasteiger partial charge in [-0.15, -0.1) is 0 Å². The SMILES string of the molecule is CC/C=C\C/C=C\C/C=C\C/C=C\C/C=C\C/C=C\C/C=C\C/C=C\CCCCC(=O)OCC(COC(=O)CCCCCCCCC/C=C\CCCCCCCCC)OC(=O)CCCCCCCCCCCCCCCCCCCCC. The molecule has 1 atom stereocenters. The van der Waals surface area contributed by atoms with Gasteiger partial charge in [-0.3, -0.25) is 14.4 Å². The molecule has 0 aromatic carbocycles. The molecular weight excluding hydrogens is 1010 g/mol. The summed E-state index contributed by atoms with van der Waals surface area (Å²) in [5.74, 6) is -0.926. The third kappa shape index (κ3) is 66.9. The van der Waals surface area contributed by atoms with Crippen molar-refractivity contribution in [2.45, 2.75) is 341 Å². The molecule has 0 amide bonds. The van der Waals surface area contributed by atoms with Gasteiger partial charge in [0, 0.05) is 19.3 Å². The first kappa shape index (κ1) is 78.1. The molecule has 0 bridgehead atoms. The van der Waals surface area contributed by atoms with Crippen molar-refractivity contribution in [3.8, 4) is 0 Å². The maximum atomic E-state index is 13.0. The van der Waals surface area contributed by atoms with Crippen LogP contribution in [0.25, 0.3) is 0 Å². The summed E-state index contributed by atoms with van der Waals surface area (Å²) in [6, 6.07) is 0.